The number of carboxylic acid groups (broad SMARTS) is 1. The van der Waals surface area contributed by atoms with Crippen molar-refractivity contribution in [3.05, 3.63) is 29.6 Å². The zero-order valence-electron chi connectivity index (χ0n) is 10.8. The molecule has 1 aromatic carbocycles. The first-order valence-electron chi connectivity index (χ1n) is 5.60. The summed E-state index contributed by atoms with van der Waals surface area (Å²) >= 11 is 0. The van der Waals surface area contributed by atoms with Crippen LogP contribution in [-0.2, 0) is 7.05 Å². The summed E-state index contributed by atoms with van der Waals surface area (Å²) in [5.41, 5.74) is 1.35. The maximum atomic E-state index is 11.3. The molecule has 100 valence electrons. The van der Waals surface area contributed by atoms with Crippen molar-refractivity contribution < 1.29 is 19.7 Å². The lowest BCUT2D eigenvalue weighted by Gasteiger charge is -2.08. The first kappa shape index (κ1) is 12.9. The van der Waals surface area contributed by atoms with E-state index < -0.39 is 5.97 Å². The van der Waals surface area contributed by atoms with Gasteiger partial charge in [0.15, 0.2) is 5.69 Å². The normalized spacial score (nSPS) is 10.5. The third kappa shape index (κ3) is 2.12. The summed E-state index contributed by atoms with van der Waals surface area (Å²) in [7, 11) is 3.06. The molecule has 1 aromatic heterocycles. The number of aromatic hydroxyl groups is 1. The van der Waals surface area contributed by atoms with Gasteiger partial charge in [-0.3, -0.25) is 4.68 Å². The van der Waals surface area contributed by atoms with Crippen LogP contribution in [0.15, 0.2) is 18.2 Å². The third-order valence-corrected chi connectivity index (χ3v) is 2.90. The maximum Gasteiger partial charge on any atom is 0.354 e. The molecule has 0 fully saturated rings. The number of benzene rings is 1. The van der Waals surface area contributed by atoms with Gasteiger partial charge in [0.2, 0.25) is 0 Å². The highest BCUT2D eigenvalue weighted by atomic mass is 16.5. The summed E-state index contributed by atoms with van der Waals surface area (Å²) in [5, 5.41) is 23.3. The van der Waals surface area contributed by atoms with Crippen LogP contribution in [0.4, 0.5) is 0 Å². The highest BCUT2D eigenvalue weighted by Gasteiger charge is 2.23. The lowest BCUT2D eigenvalue weighted by Crippen LogP contribution is -2.06. The van der Waals surface area contributed by atoms with Crippen LogP contribution in [0.1, 0.15) is 16.2 Å². The van der Waals surface area contributed by atoms with E-state index in [0.29, 0.717) is 22.6 Å². The molecule has 0 amide bonds. The lowest BCUT2D eigenvalue weighted by atomic mass is 10.0. The molecule has 2 N–H and O–H groups in total. The number of carbonyl (C=O) groups is 1. The van der Waals surface area contributed by atoms with Crippen LogP contribution in [0.2, 0.25) is 0 Å². The van der Waals surface area contributed by atoms with Crippen molar-refractivity contribution in [1.29, 1.82) is 0 Å². The highest BCUT2D eigenvalue weighted by Crippen LogP contribution is 2.36. The van der Waals surface area contributed by atoms with Crippen LogP contribution >= 0.6 is 0 Å². The Morgan fingerprint density at radius 2 is 2.11 bits per heavy atom. The molecule has 6 nitrogen and oxygen atoms in total. The molecule has 0 aliphatic heterocycles. The second kappa shape index (κ2) is 4.64. The van der Waals surface area contributed by atoms with Gasteiger partial charge in [0.25, 0.3) is 0 Å². The smallest absolute Gasteiger partial charge is 0.354 e. The first-order valence-corrected chi connectivity index (χ1v) is 5.60. The van der Waals surface area contributed by atoms with Crippen molar-refractivity contribution in [2.45, 2.75) is 6.92 Å². The molecule has 0 unspecified atom stereocenters. The molecular weight excluding hydrogens is 248 g/mol. The summed E-state index contributed by atoms with van der Waals surface area (Å²) in [4.78, 5) is 11.3. The number of methoxy groups -OCH3 is 1. The molecule has 0 bridgehead atoms. The van der Waals surface area contributed by atoms with Crippen LogP contribution in [0.25, 0.3) is 11.1 Å². The van der Waals surface area contributed by atoms with Crippen molar-refractivity contribution in [2.75, 3.05) is 7.11 Å². The van der Waals surface area contributed by atoms with E-state index >= 15 is 0 Å². The predicted octanol–water partition coefficient (Wildman–Crippen LogP) is 1.81. The Balaban J connectivity index is 2.74. The van der Waals surface area contributed by atoms with Crippen LogP contribution in [0.5, 0.6) is 11.5 Å². The van der Waals surface area contributed by atoms with E-state index in [1.807, 2.05) is 0 Å². The molecule has 2 rings (SSSR count). The number of carboxylic acids is 1. The van der Waals surface area contributed by atoms with Gasteiger partial charge < -0.3 is 14.9 Å². The summed E-state index contributed by atoms with van der Waals surface area (Å²) in [6.07, 6.45) is 0. The number of phenols is 1. The monoisotopic (exact) mass is 262 g/mol. The molecule has 0 saturated carbocycles. The lowest BCUT2D eigenvalue weighted by molar-refractivity contribution is 0.0686. The minimum atomic E-state index is -1.10. The molecule has 1 heterocycles. The van der Waals surface area contributed by atoms with Gasteiger partial charge in [0.1, 0.15) is 11.5 Å². The molecule has 0 spiro atoms. The average molecular weight is 262 g/mol. The van der Waals surface area contributed by atoms with Crippen molar-refractivity contribution in [3.8, 4) is 22.6 Å². The van der Waals surface area contributed by atoms with Crippen molar-refractivity contribution in [1.82, 2.24) is 9.78 Å². The molecule has 0 atom stereocenters. The standard InChI is InChI=1S/C13H14N2O4/c1-7-11(12(13(17)18)15(2)14-7)9-6-8(19-3)4-5-10(9)16/h4-6,16H,1-3H3,(H,17,18). The highest BCUT2D eigenvalue weighted by molar-refractivity contribution is 5.96. The topological polar surface area (TPSA) is 84.6 Å². The van der Waals surface area contributed by atoms with Gasteiger partial charge in [0, 0.05) is 18.2 Å². The Kier molecular flexibility index (Phi) is 3.16. The fourth-order valence-electron chi connectivity index (χ4n) is 2.07. The van der Waals surface area contributed by atoms with Gasteiger partial charge >= 0.3 is 5.97 Å². The molecule has 0 aliphatic rings. The third-order valence-electron chi connectivity index (χ3n) is 2.90. The van der Waals surface area contributed by atoms with Crippen LogP contribution in [0, 0.1) is 6.92 Å². The Labute approximate surface area is 109 Å². The van der Waals surface area contributed by atoms with Gasteiger partial charge in [-0.05, 0) is 25.1 Å². The van der Waals surface area contributed by atoms with Crippen molar-refractivity contribution >= 4 is 5.97 Å². The number of aryl methyl sites for hydroxylation is 2. The van der Waals surface area contributed by atoms with E-state index in [1.165, 1.54) is 17.9 Å². The van der Waals surface area contributed by atoms with Gasteiger partial charge in [-0.15, -0.1) is 0 Å². The van der Waals surface area contributed by atoms with E-state index in [4.69, 9.17) is 4.74 Å². The quantitative estimate of drug-likeness (QED) is 0.881. The Bertz CT molecular complexity index is 646. The number of nitrogens with zero attached hydrogens (tertiary/aromatic N) is 2. The van der Waals surface area contributed by atoms with Gasteiger partial charge in [0.05, 0.1) is 12.8 Å². The van der Waals surface area contributed by atoms with E-state index in [1.54, 1.807) is 26.1 Å². The predicted molar refractivity (Wildman–Crippen MR) is 68.6 cm³/mol. The van der Waals surface area contributed by atoms with E-state index in [2.05, 4.69) is 5.10 Å². The number of aromatic nitrogens is 2. The summed E-state index contributed by atoms with van der Waals surface area (Å²) in [6, 6.07) is 4.66. The molecular formula is C13H14N2O4. The number of hydrogen-bond acceptors (Lipinski definition) is 4. The van der Waals surface area contributed by atoms with E-state index in [9.17, 15) is 15.0 Å². The number of hydrogen-bond donors (Lipinski definition) is 2. The number of rotatable bonds is 3. The molecule has 19 heavy (non-hydrogen) atoms. The number of aromatic carboxylic acids is 1. The molecule has 2 aromatic rings. The molecule has 6 heteroatoms. The Morgan fingerprint density at radius 1 is 1.42 bits per heavy atom. The molecule has 0 aliphatic carbocycles. The fourth-order valence-corrected chi connectivity index (χ4v) is 2.07. The summed E-state index contributed by atoms with van der Waals surface area (Å²) < 4.78 is 6.38. The van der Waals surface area contributed by atoms with Gasteiger partial charge in [-0.2, -0.15) is 5.10 Å². The fraction of sp³-hybridized carbons (Fsp3) is 0.231. The zero-order valence-corrected chi connectivity index (χ0v) is 10.8. The Morgan fingerprint density at radius 3 is 2.68 bits per heavy atom. The largest absolute Gasteiger partial charge is 0.507 e. The van der Waals surface area contributed by atoms with Crippen LogP contribution in [-0.4, -0.2) is 33.1 Å². The van der Waals surface area contributed by atoms with Gasteiger partial charge in [-0.25, -0.2) is 4.79 Å². The van der Waals surface area contributed by atoms with Gasteiger partial charge in [-0.1, -0.05) is 0 Å². The van der Waals surface area contributed by atoms with Crippen LogP contribution in [0.3, 0.4) is 0 Å². The summed E-state index contributed by atoms with van der Waals surface area (Å²) in [5.74, 6) is -0.577. The van der Waals surface area contributed by atoms with E-state index in [-0.39, 0.29) is 11.4 Å². The second-order valence-electron chi connectivity index (χ2n) is 4.12. The second-order valence-corrected chi connectivity index (χ2v) is 4.12. The Hall–Kier alpha value is -2.50. The molecule has 0 saturated heterocycles. The van der Waals surface area contributed by atoms with Crippen molar-refractivity contribution in [3.63, 3.8) is 0 Å². The average Bonchev–Trinajstić information content (AvgIpc) is 2.65. The number of phenolic OH excluding ortho intramolecular Hbond substituents is 1. The molecule has 0 radical (unpaired) electrons. The van der Waals surface area contributed by atoms with Crippen molar-refractivity contribution in [2.24, 2.45) is 7.05 Å². The van der Waals surface area contributed by atoms with Crippen LogP contribution < -0.4 is 4.74 Å². The minimum Gasteiger partial charge on any atom is -0.507 e. The minimum absolute atomic E-state index is 0.0144. The maximum absolute atomic E-state index is 11.3. The SMILES string of the molecule is COc1ccc(O)c(-c2c(C)nn(C)c2C(=O)O)c1. The number of ether oxygens (including phenoxy) is 1. The zero-order chi connectivity index (χ0) is 14.2. The summed E-state index contributed by atoms with van der Waals surface area (Å²) in [6.45, 7) is 1.70. The van der Waals surface area contributed by atoms with E-state index in [0.717, 1.165) is 0 Å². The first-order chi connectivity index (χ1) is 8.95.